The minimum Gasteiger partial charge on any atom is -0.376 e. The van der Waals surface area contributed by atoms with Gasteiger partial charge in [-0.05, 0) is 31.0 Å². The molecule has 3 nitrogen and oxygen atoms in total. The molecule has 1 aliphatic rings. The molecule has 0 amide bonds. The van der Waals surface area contributed by atoms with Crippen molar-refractivity contribution < 1.29 is 9.13 Å². The molecule has 3 atom stereocenters. The first-order chi connectivity index (χ1) is 9.11. The summed E-state index contributed by atoms with van der Waals surface area (Å²) in [5.41, 5.74) is 7.38. The van der Waals surface area contributed by atoms with E-state index in [1.807, 2.05) is 12.1 Å². The first kappa shape index (κ1) is 14.4. The van der Waals surface area contributed by atoms with Gasteiger partial charge in [0.25, 0.3) is 0 Å². The Morgan fingerprint density at radius 1 is 1.42 bits per heavy atom. The lowest BCUT2D eigenvalue weighted by Crippen LogP contribution is -2.48. The standard InChI is InChI=1S/C15H23FN2O/c1-3-14(17)15(12-4-6-13(16)7-5-12)18-8-9-19-11(2)10-18/h4-7,11,14-15H,3,8-10,17H2,1-2H3. The van der Waals surface area contributed by atoms with E-state index in [1.165, 1.54) is 12.1 Å². The van der Waals surface area contributed by atoms with Gasteiger partial charge in [0.1, 0.15) is 5.82 Å². The van der Waals surface area contributed by atoms with Gasteiger partial charge < -0.3 is 10.5 Å². The molecule has 1 fully saturated rings. The van der Waals surface area contributed by atoms with Crippen LogP contribution in [-0.4, -0.2) is 36.7 Å². The van der Waals surface area contributed by atoms with Crippen LogP contribution in [0.25, 0.3) is 0 Å². The van der Waals surface area contributed by atoms with Crippen LogP contribution >= 0.6 is 0 Å². The molecule has 0 radical (unpaired) electrons. The van der Waals surface area contributed by atoms with Crippen molar-refractivity contribution in [1.82, 2.24) is 4.90 Å². The van der Waals surface area contributed by atoms with Crippen LogP contribution in [0.15, 0.2) is 24.3 Å². The molecule has 1 aliphatic heterocycles. The second-order valence-corrected chi connectivity index (χ2v) is 5.24. The average Bonchev–Trinajstić information content (AvgIpc) is 2.41. The summed E-state index contributed by atoms with van der Waals surface area (Å²) in [4.78, 5) is 2.36. The molecule has 106 valence electrons. The van der Waals surface area contributed by atoms with E-state index in [-0.39, 0.29) is 24.0 Å². The lowest BCUT2D eigenvalue weighted by atomic mass is 9.95. The SMILES string of the molecule is CCC(N)C(c1ccc(F)cc1)N1CCOC(C)C1. The maximum absolute atomic E-state index is 13.1. The van der Waals surface area contributed by atoms with Crippen LogP contribution in [0.2, 0.25) is 0 Å². The molecule has 4 heteroatoms. The summed E-state index contributed by atoms with van der Waals surface area (Å²) in [6, 6.07) is 6.89. The summed E-state index contributed by atoms with van der Waals surface area (Å²) >= 11 is 0. The van der Waals surface area contributed by atoms with Gasteiger partial charge in [-0.25, -0.2) is 4.39 Å². The molecule has 2 N–H and O–H groups in total. The van der Waals surface area contributed by atoms with Crippen molar-refractivity contribution in [3.8, 4) is 0 Å². The fourth-order valence-electron chi connectivity index (χ4n) is 2.71. The average molecular weight is 266 g/mol. The van der Waals surface area contributed by atoms with Gasteiger partial charge in [0, 0.05) is 19.1 Å². The van der Waals surface area contributed by atoms with Crippen LogP contribution in [0.4, 0.5) is 4.39 Å². The second kappa shape index (κ2) is 6.46. The zero-order chi connectivity index (χ0) is 13.8. The third kappa shape index (κ3) is 3.53. The van der Waals surface area contributed by atoms with E-state index in [0.717, 1.165) is 31.7 Å². The van der Waals surface area contributed by atoms with E-state index in [4.69, 9.17) is 10.5 Å². The van der Waals surface area contributed by atoms with Crippen LogP contribution in [0, 0.1) is 5.82 Å². The number of halogens is 1. The van der Waals surface area contributed by atoms with Crippen LogP contribution in [-0.2, 0) is 4.74 Å². The normalized spacial score (nSPS) is 24.1. The Kier molecular flexibility index (Phi) is 4.91. The summed E-state index contributed by atoms with van der Waals surface area (Å²) in [6.07, 6.45) is 1.12. The third-order valence-electron chi connectivity index (χ3n) is 3.75. The molecular formula is C15H23FN2O. The van der Waals surface area contributed by atoms with Gasteiger partial charge in [-0.1, -0.05) is 19.1 Å². The zero-order valence-electron chi connectivity index (χ0n) is 11.7. The summed E-state index contributed by atoms with van der Waals surface area (Å²) < 4.78 is 18.7. The highest BCUT2D eigenvalue weighted by molar-refractivity contribution is 5.22. The van der Waals surface area contributed by atoms with Crippen LogP contribution in [0.5, 0.6) is 0 Å². The lowest BCUT2D eigenvalue weighted by Gasteiger charge is -2.40. The van der Waals surface area contributed by atoms with Crippen molar-refractivity contribution in [2.24, 2.45) is 5.73 Å². The molecule has 1 aromatic rings. The van der Waals surface area contributed by atoms with Crippen LogP contribution in [0.1, 0.15) is 31.9 Å². The Labute approximate surface area is 114 Å². The van der Waals surface area contributed by atoms with Gasteiger partial charge in [-0.3, -0.25) is 4.90 Å². The van der Waals surface area contributed by atoms with E-state index in [2.05, 4.69) is 18.7 Å². The largest absolute Gasteiger partial charge is 0.376 e. The van der Waals surface area contributed by atoms with E-state index < -0.39 is 0 Å². The smallest absolute Gasteiger partial charge is 0.123 e. The molecule has 1 saturated heterocycles. The van der Waals surface area contributed by atoms with Crippen molar-refractivity contribution in [2.75, 3.05) is 19.7 Å². The van der Waals surface area contributed by atoms with E-state index >= 15 is 0 Å². The molecule has 0 aromatic heterocycles. The fraction of sp³-hybridized carbons (Fsp3) is 0.600. The fourth-order valence-corrected chi connectivity index (χ4v) is 2.71. The Morgan fingerprint density at radius 2 is 2.11 bits per heavy atom. The Morgan fingerprint density at radius 3 is 2.68 bits per heavy atom. The minimum absolute atomic E-state index is 0.0516. The maximum atomic E-state index is 13.1. The number of ether oxygens (including phenoxy) is 1. The highest BCUT2D eigenvalue weighted by atomic mass is 19.1. The molecule has 3 unspecified atom stereocenters. The number of rotatable bonds is 4. The summed E-state index contributed by atoms with van der Waals surface area (Å²) in [5.74, 6) is -0.206. The predicted octanol–water partition coefficient (Wildman–Crippen LogP) is 2.32. The summed E-state index contributed by atoms with van der Waals surface area (Å²) in [5, 5.41) is 0. The minimum atomic E-state index is -0.206. The number of hydrogen-bond donors (Lipinski definition) is 1. The lowest BCUT2D eigenvalue weighted by molar-refractivity contribution is -0.0386. The van der Waals surface area contributed by atoms with Gasteiger partial charge >= 0.3 is 0 Å². The number of nitrogens with zero attached hydrogens (tertiary/aromatic N) is 1. The monoisotopic (exact) mass is 266 g/mol. The van der Waals surface area contributed by atoms with Gasteiger partial charge in [0.2, 0.25) is 0 Å². The van der Waals surface area contributed by atoms with Crippen molar-refractivity contribution in [1.29, 1.82) is 0 Å². The first-order valence-electron chi connectivity index (χ1n) is 6.98. The van der Waals surface area contributed by atoms with Gasteiger partial charge in [0.15, 0.2) is 0 Å². The number of morpholine rings is 1. The van der Waals surface area contributed by atoms with Gasteiger partial charge in [-0.15, -0.1) is 0 Å². The van der Waals surface area contributed by atoms with E-state index in [0.29, 0.717) is 0 Å². The second-order valence-electron chi connectivity index (χ2n) is 5.24. The third-order valence-corrected chi connectivity index (χ3v) is 3.75. The molecular weight excluding hydrogens is 243 g/mol. The van der Waals surface area contributed by atoms with Crippen molar-refractivity contribution >= 4 is 0 Å². The highest BCUT2D eigenvalue weighted by Gasteiger charge is 2.29. The molecule has 0 aliphatic carbocycles. The van der Waals surface area contributed by atoms with Crippen molar-refractivity contribution in [3.63, 3.8) is 0 Å². The summed E-state index contributed by atoms with van der Waals surface area (Å²) in [6.45, 7) is 6.64. The molecule has 0 spiro atoms. The first-order valence-corrected chi connectivity index (χ1v) is 6.98. The molecule has 19 heavy (non-hydrogen) atoms. The van der Waals surface area contributed by atoms with Gasteiger partial charge in [0.05, 0.1) is 18.8 Å². The molecule has 1 aromatic carbocycles. The van der Waals surface area contributed by atoms with Crippen molar-refractivity contribution in [2.45, 2.75) is 38.5 Å². The van der Waals surface area contributed by atoms with E-state index in [9.17, 15) is 4.39 Å². The Bertz CT molecular complexity index is 396. The number of benzene rings is 1. The van der Waals surface area contributed by atoms with Crippen LogP contribution < -0.4 is 5.73 Å². The van der Waals surface area contributed by atoms with Crippen molar-refractivity contribution in [3.05, 3.63) is 35.6 Å². The van der Waals surface area contributed by atoms with Crippen LogP contribution in [0.3, 0.4) is 0 Å². The molecule has 2 rings (SSSR count). The molecule has 0 saturated carbocycles. The molecule has 1 heterocycles. The Hall–Kier alpha value is -0.970. The zero-order valence-corrected chi connectivity index (χ0v) is 11.7. The van der Waals surface area contributed by atoms with E-state index in [1.54, 1.807) is 0 Å². The number of nitrogens with two attached hydrogens (primary N) is 1. The summed E-state index contributed by atoms with van der Waals surface area (Å²) in [7, 11) is 0. The topological polar surface area (TPSA) is 38.5 Å². The highest BCUT2D eigenvalue weighted by Crippen LogP contribution is 2.27. The quantitative estimate of drug-likeness (QED) is 0.909. The predicted molar refractivity (Wildman–Crippen MR) is 74.4 cm³/mol. The number of hydrogen-bond acceptors (Lipinski definition) is 3. The van der Waals surface area contributed by atoms with Gasteiger partial charge in [-0.2, -0.15) is 0 Å². The maximum Gasteiger partial charge on any atom is 0.123 e. The molecule has 0 bridgehead atoms. The Balaban J connectivity index is 2.22.